The van der Waals surface area contributed by atoms with Crippen LogP contribution >= 0.6 is 11.6 Å². The van der Waals surface area contributed by atoms with Crippen molar-refractivity contribution in [2.24, 2.45) is 5.41 Å². The summed E-state index contributed by atoms with van der Waals surface area (Å²) in [6.45, 7) is 4.52. The Bertz CT molecular complexity index is 338. The van der Waals surface area contributed by atoms with Crippen LogP contribution in [0.3, 0.4) is 0 Å². The molecule has 2 rings (SSSR count). The van der Waals surface area contributed by atoms with E-state index in [1.807, 2.05) is 6.07 Å². The number of hydrogen-bond acceptors (Lipinski definition) is 3. The molecule has 1 fully saturated rings. The van der Waals surface area contributed by atoms with Crippen LogP contribution in [0.2, 0.25) is 5.28 Å². The Balaban J connectivity index is 2.05. The molecule has 76 valence electrons. The third kappa shape index (κ3) is 1.82. The first-order valence-electron chi connectivity index (χ1n) is 4.83. The maximum absolute atomic E-state index is 5.70. The summed E-state index contributed by atoms with van der Waals surface area (Å²) in [5, 5.41) is 3.67. The molecule has 1 aliphatic rings. The quantitative estimate of drug-likeness (QED) is 0.765. The molecule has 0 aromatic carbocycles. The number of anilines is 1. The summed E-state index contributed by atoms with van der Waals surface area (Å²) < 4.78 is 0. The van der Waals surface area contributed by atoms with E-state index in [1.165, 1.54) is 12.8 Å². The number of rotatable bonds is 2. The SMILES string of the molecule is CC1(C)CCC1Nc1ccnc(Cl)n1. The summed E-state index contributed by atoms with van der Waals surface area (Å²) in [6.07, 6.45) is 4.14. The second kappa shape index (κ2) is 3.39. The summed E-state index contributed by atoms with van der Waals surface area (Å²) in [4.78, 5) is 7.95. The lowest BCUT2D eigenvalue weighted by atomic mass is 9.67. The summed E-state index contributed by atoms with van der Waals surface area (Å²) in [7, 11) is 0. The van der Waals surface area contributed by atoms with Crippen molar-refractivity contribution in [2.75, 3.05) is 5.32 Å². The van der Waals surface area contributed by atoms with Crippen LogP contribution < -0.4 is 5.32 Å². The summed E-state index contributed by atoms with van der Waals surface area (Å²) in [5.41, 5.74) is 0.372. The van der Waals surface area contributed by atoms with Crippen LogP contribution in [0.25, 0.3) is 0 Å². The largest absolute Gasteiger partial charge is 0.367 e. The van der Waals surface area contributed by atoms with Crippen molar-refractivity contribution >= 4 is 17.4 Å². The highest BCUT2D eigenvalue weighted by Gasteiger charge is 2.38. The van der Waals surface area contributed by atoms with E-state index >= 15 is 0 Å². The fourth-order valence-electron chi connectivity index (χ4n) is 1.73. The van der Waals surface area contributed by atoms with Gasteiger partial charge in [0.15, 0.2) is 0 Å². The molecule has 1 aromatic rings. The number of nitrogens with one attached hydrogen (secondary N) is 1. The molecule has 1 saturated carbocycles. The molecule has 4 heteroatoms. The minimum Gasteiger partial charge on any atom is -0.367 e. The van der Waals surface area contributed by atoms with Crippen molar-refractivity contribution in [1.82, 2.24) is 9.97 Å². The number of halogens is 1. The van der Waals surface area contributed by atoms with Gasteiger partial charge in [0.1, 0.15) is 5.82 Å². The third-order valence-corrected chi connectivity index (χ3v) is 3.15. The van der Waals surface area contributed by atoms with E-state index in [-0.39, 0.29) is 0 Å². The first-order chi connectivity index (χ1) is 6.58. The van der Waals surface area contributed by atoms with Crippen molar-refractivity contribution < 1.29 is 0 Å². The average molecular weight is 212 g/mol. The van der Waals surface area contributed by atoms with Gasteiger partial charge in [0.25, 0.3) is 0 Å². The maximum atomic E-state index is 5.70. The zero-order valence-electron chi connectivity index (χ0n) is 8.42. The molecule has 1 aliphatic carbocycles. The highest BCUT2D eigenvalue weighted by atomic mass is 35.5. The zero-order chi connectivity index (χ0) is 10.2. The lowest BCUT2D eigenvalue weighted by molar-refractivity contribution is 0.159. The van der Waals surface area contributed by atoms with Gasteiger partial charge in [0, 0.05) is 12.2 Å². The summed E-state index contributed by atoms with van der Waals surface area (Å²) >= 11 is 5.70. The first-order valence-corrected chi connectivity index (χ1v) is 5.21. The minimum atomic E-state index is 0.298. The Morgan fingerprint density at radius 2 is 2.36 bits per heavy atom. The lowest BCUT2D eigenvalue weighted by Crippen LogP contribution is -2.45. The molecule has 0 radical (unpaired) electrons. The Morgan fingerprint density at radius 3 is 2.86 bits per heavy atom. The highest BCUT2D eigenvalue weighted by molar-refractivity contribution is 6.28. The van der Waals surface area contributed by atoms with E-state index in [0.29, 0.717) is 16.7 Å². The van der Waals surface area contributed by atoms with Gasteiger partial charge in [-0.1, -0.05) is 13.8 Å². The lowest BCUT2D eigenvalue weighted by Gasteiger charge is -2.45. The van der Waals surface area contributed by atoms with E-state index in [2.05, 4.69) is 29.1 Å². The monoisotopic (exact) mass is 211 g/mol. The van der Waals surface area contributed by atoms with Crippen LogP contribution in [0.4, 0.5) is 5.82 Å². The number of nitrogens with zero attached hydrogens (tertiary/aromatic N) is 2. The molecule has 0 bridgehead atoms. The number of aromatic nitrogens is 2. The predicted molar refractivity (Wildman–Crippen MR) is 57.5 cm³/mol. The second-order valence-corrected chi connectivity index (χ2v) is 4.77. The van der Waals surface area contributed by atoms with Crippen LogP contribution in [0.15, 0.2) is 12.3 Å². The van der Waals surface area contributed by atoms with Gasteiger partial charge in [0.2, 0.25) is 5.28 Å². The Labute approximate surface area is 88.9 Å². The van der Waals surface area contributed by atoms with Crippen molar-refractivity contribution in [3.63, 3.8) is 0 Å². The van der Waals surface area contributed by atoms with Gasteiger partial charge in [-0.05, 0) is 35.9 Å². The van der Waals surface area contributed by atoms with Crippen molar-refractivity contribution in [3.05, 3.63) is 17.5 Å². The molecule has 0 saturated heterocycles. The molecule has 14 heavy (non-hydrogen) atoms. The van der Waals surface area contributed by atoms with Gasteiger partial charge >= 0.3 is 0 Å². The van der Waals surface area contributed by atoms with E-state index in [0.717, 1.165) is 5.82 Å². The molecule has 1 heterocycles. The van der Waals surface area contributed by atoms with E-state index in [9.17, 15) is 0 Å². The molecular weight excluding hydrogens is 198 g/mol. The zero-order valence-corrected chi connectivity index (χ0v) is 9.17. The van der Waals surface area contributed by atoms with Crippen molar-refractivity contribution in [1.29, 1.82) is 0 Å². The highest BCUT2D eigenvalue weighted by Crippen LogP contribution is 2.41. The minimum absolute atomic E-state index is 0.298. The first kappa shape index (κ1) is 9.71. The smallest absolute Gasteiger partial charge is 0.224 e. The molecule has 1 unspecified atom stereocenters. The van der Waals surface area contributed by atoms with E-state index in [1.54, 1.807) is 6.20 Å². The van der Waals surface area contributed by atoms with Gasteiger partial charge < -0.3 is 5.32 Å². The van der Waals surface area contributed by atoms with Crippen LogP contribution in [0.1, 0.15) is 26.7 Å². The van der Waals surface area contributed by atoms with E-state index < -0.39 is 0 Å². The van der Waals surface area contributed by atoms with Gasteiger partial charge in [-0.25, -0.2) is 9.97 Å². The third-order valence-electron chi connectivity index (χ3n) is 2.97. The van der Waals surface area contributed by atoms with Crippen molar-refractivity contribution in [2.45, 2.75) is 32.7 Å². The van der Waals surface area contributed by atoms with Crippen LogP contribution in [0, 0.1) is 5.41 Å². The predicted octanol–water partition coefficient (Wildman–Crippen LogP) is 2.73. The standard InChI is InChI=1S/C10H14ClN3/c1-10(2)5-3-7(10)13-8-4-6-12-9(11)14-8/h4,6-7H,3,5H2,1-2H3,(H,12,13,14). The molecule has 1 N–H and O–H groups in total. The Hall–Kier alpha value is -0.830. The van der Waals surface area contributed by atoms with Crippen LogP contribution in [-0.2, 0) is 0 Å². The molecule has 1 aromatic heterocycles. The topological polar surface area (TPSA) is 37.8 Å². The van der Waals surface area contributed by atoms with Gasteiger partial charge in [0.05, 0.1) is 0 Å². The van der Waals surface area contributed by atoms with Gasteiger partial charge in [-0.3, -0.25) is 0 Å². The normalized spacial score (nSPS) is 24.1. The fourth-order valence-corrected chi connectivity index (χ4v) is 1.87. The van der Waals surface area contributed by atoms with Crippen LogP contribution in [-0.4, -0.2) is 16.0 Å². The van der Waals surface area contributed by atoms with E-state index in [4.69, 9.17) is 11.6 Å². The number of hydrogen-bond donors (Lipinski definition) is 1. The molecule has 0 spiro atoms. The summed E-state index contributed by atoms with van der Waals surface area (Å²) in [5.74, 6) is 0.822. The average Bonchev–Trinajstić information content (AvgIpc) is 2.13. The molecule has 0 aliphatic heterocycles. The van der Waals surface area contributed by atoms with Crippen LogP contribution in [0.5, 0.6) is 0 Å². The molecule has 3 nitrogen and oxygen atoms in total. The summed E-state index contributed by atoms with van der Waals surface area (Å²) in [6, 6.07) is 2.36. The van der Waals surface area contributed by atoms with Gasteiger partial charge in [-0.15, -0.1) is 0 Å². The Kier molecular flexibility index (Phi) is 2.35. The maximum Gasteiger partial charge on any atom is 0.224 e. The molecule has 1 atom stereocenters. The fraction of sp³-hybridized carbons (Fsp3) is 0.600. The van der Waals surface area contributed by atoms with Gasteiger partial charge in [-0.2, -0.15) is 0 Å². The Morgan fingerprint density at radius 1 is 1.57 bits per heavy atom. The second-order valence-electron chi connectivity index (χ2n) is 4.44. The van der Waals surface area contributed by atoms with Crippen molar-refractivity contribution in [3.8, 4) is 0 Å². The molecule has 0 amide bonds. The molecular formula is C10H14ClN3.